The minimum Gasteiger partial charge on any atom is -0.469 e. The molecule has 0 N–H and O–H groups in total. The predicted octanol–water partition coefficient (Wildman–Crippen LogP) is -0.0840. The second kappa shape index (κ2) is 6.79. The topological polar surface area (TPSA) is 63.7 Å². The number of hydrogen-bond acceptors (Lipinski definition) is 5. The van der Waals surface area contributed by atoms with Gasteiger partial charge in [0, 0.05) is 12.8 Å². The lowest BCUT2D eigenvalue weighted by molar-refractivity contribution is -0.140. The van der Waals surface area contributed by atoms with Gasteiger partial charge in [-0.15, -0.1) is 0 Å². The summed E-state index contributed by atoms with van der Waals surface area (Å²) < 4.78 is 26.2. The van der Waals surface area contributed by atoms with Gasteiger partial charge in [-0.05, 0) is 20.0 Å². The Morgan fingerprint density at radius 3 is 2.40 bits per heavy atom. The van der Waals surface area contributed by atoms with Gasteiger partial charge in [0.1, 0.15) is 9.84 Å². The highest BCUT2D eigenvalue weighted by atomic mass is 32.2. The molecule has 90 valence electrons. The number of ether oxygens (including phenoxy) is 1. The average molecular weight is 237 g/mol. The Labute approximate surface area is 91.3 Å². The van der Waals surface area contributed by atoms with E-state index < -0.39 is 9.84 Å². The van der Waals surface area contributed by atoms with Gasteiger partial charge in [0.25, 0.3) is 0 Å². The van der Waals surface area contributed by atoms with E-state index >= 15 is 0 Å². The highest BCUT2D eigenvalue weighted by Gasteiger charge is 2.06. The SMILES string of the molecule is COC(=O)CCN(C)CCCS(C)(=O)=O. The Hall–Kier alpha value is -0.620. The molecule has 0 atom stereocenters. The van der Waals surface area contributed by atoms with Crippen LogP contribution in [0.3, 0.4) is 0 Å². The summed E-state index contributed by atoms with van der Waals surface area (Å²) in [6, 6.07) is 0. The molecule has 6 heteroatoms. The highest BCUT2D eigenvalue weighted by molar-refractivity contribution is 7.90. The van der Waals surface area contributed by atoms with Crippen molar-refractivity contribution in [2.75, 3.05) is 39.3 Å². The van der Waals surface area contributed by atoms with Crippen molar-refractivity contribution in [2.24, 2.45) is 0 Å². The molecule has 0 aliphatic carbocycles. The van der Waals surface area contributed by atoms with Crippen LogP contribution in [0.25, 0.3) is 0 Å². The summed E-state index contributed by atoms with van der Waals surface area (Å²) in [7, 11) is 0.332. The Morgan fingerprint density at radius 1 is 1.33 bits per heavy atom. The van der Waals surface area contributed by atoms with Gasteiger partial charge in [0.15, 0.2) is 0 Å². The van der Waals surface area contributed by atoms with Crippen LogP contribution in [0, 0.1) is 0 Å². The zero-order chi connectivity index (χ0) is 11.9. The molecule has 0 heterocycles. The van der Waals surface area contributed by atoms with Gasteiger partial charge in [-0.25, -0.2) is 8.42 Å². The van der Waals surface area contributed by atoms with E-state index in [1.165, 1.54) is 13.4 Å². The molecular weight excluding hydrogens is 218 g/mol. The lowest BCUT2D eigenvalue weighted by atomic mass is 10.3. The van der Waals surface area contributed by atoms with E-state index in [1.54, 1.807) is 0 Å². The van der Waals surface area contributed by atoms with Crippen LogP contribution in [0.1, 0.15) is 12.8 Å². The Morgan fingerprint density at radius 2 is 1.93 bits per heavy atom. The summed E-state index contributed by atoms with van der Waals surface area (Å²) >= 11 is 0. The Kier molecular flexibility index (Phi) is 6.51. The minimum absolute atomic E-state index is 0.190. The molecule has 0 aliphatic rings. The average Bonchev–Trinajstić information content (AvgIpc) is 2.12. The fourth-order valence-corrected chi connectivity index (χ4v) is 1.75. The maximum Gasteiger partial charge on any atom is 0.306 e. The lowest BCUT2D eigenvalue weighted by Gasteiger charge is -2.14. The van der Waals surface area contributed by atoms with Crippen LogP contribution in [-0.2, 0) is 19.4 Å². The lowest BCUT2D eigenvalue weighted by Crippen LogP contribution is -2.24. The fraction of sp³-hybridized carbons (Fsp3) is 0.889. The largest absolute Gasteiger partial charge is 0.469 e. The first kappa shape index (κ1) is 14.4. The number of hydrogen-bond donors (Lipinski definition) is 0. The summed E-state index contributed by atoms with van der Waals surface area (Å²) in [5, 5.41) is 0. The van der Waals surface area contributed by atoms with Gasteiger partial charge in [-0.1, -0.05) is 0 Å². The monoisotopic (exact) mass is 237 g/mol. The van der Waals surface area contributed by atoms with E-state index in [0.29, 0.717) is 25.9 Å². The van der Waals surface area contributed by atoms with Crippen molar-refractivity contribution < 1.29 is 17.9 Å². The summed E-state index contributed by atoms with van der Waals surface area (Å²) in [5.74, 6) is -0.0554. The van der Waals surface area contributed by atoms with E-state index in [4.69, 9.17) is 0 Å². The summed E-state index contributed by atoms with van der Waals surface area (Å²) in [4.78, 5) is 12.7. The van der Waals surface area contributed by atoms with E-state index in [-0.39, 0.29) is 11.7 Å². The van der Waals surface area contributed by atoms with Gasteiger partial charge in [0.05, 0.1) is 19.3 Å². The molecule has 0 aliphatic heterocycles. The van der Waals surface area contributed by atoms with Crippen LogP contribution >= 0.6 is 0 Å². The zero-order valence-electron chi connectivity index (χ0n) is 9.52. The number of methoxy groups -OCH3 is 1. The van der Waals surface area contributed by atoms with E-state index in [2.05, 4.69) is 4.74 Å². The van der Waals surface area contributed by atoms with Crippen molar-refractivity contribution in [2.45, 2.75) is 12.8 Å². The van der Waals surface area contributed by atoms with Crippen LogP contribution in [0.5, 0.6) is 0 Å². The first-order chi connectivity index (χ1) is 6.85. The first-order valence-electron chi connectivity index (χ1n) is 4.78. The fourth-order valence-electron chi connectivity index (χ4n) is 1.09. The van der Waals surface area contributed by atoms with Gasteiger partial charge in [-0.2, -0.15) is 0 Å². The number of esters is 1. The quantitative estimate of drug-likeness (QED) is 0.579. The summed E-state index contributed by atoms with van der Waals surface area (Å²) in [5.41, 5.74) is 0. The number of nitrogens with zero attached hydrogens (tertiary/aromatic N) is 1. The van der Waals surface area contributed by atoms with Gasteiger partial charge in [0.2, 0.25) is 0 Å². The number of carbonyl (C=O) groups is 1. The van der Waals surface area contributed by atoms with Gasteiger partial charge in [-0.3, -0.25) is 4.79 Å². The van der Waals surface area contributed by atoms with Gasteiger partial charge < -0.3 is 9.64 Å². The van der Waals surface area contributed by atoms with Crippen molar-refractivity contribution >= 4 is 15.8 Å². The van der Waals surface area contributed by atoms with Crippen LogP contribution in [0.2, 0.25) is 0 Å². The summed E-state index contributed by atoms with van der Waals surface area (Å²) in [6.45, 7) is 1.26. The second-order valence-corrected chi connectivity index (χ2v) is 5.87. The predicted molar refractivity (Wildman–Crippen MR) is 58.5 cm³/mol. The molecule has 0 bridgehead atoms. The molecule has 0 amide bonds. The van der Waals surface area contributed by atoms with E-state index in [9.17, 15) is 13.2 Å². The third kappa shape index (κ3) is 9.68. The summed E-state index contributed by atoms with van der Waals surface area (Å²) in [6.07, 6.45) is 2.16. The standard InChI is InChI=1S/C9H19NO4S/c1-10(7-5-9(11)14-2)6-4-8-15(3,12)13/h4-8H2,1-3H3. The third-order valence-corrected chi connectivity index (χ3v) is 3.01. The van der Waals surface area contributed by atoms with E-state index in [1.807, 2.05) is 11.9 Å². The van der Waals surface area contributed by atoms with Gasteiger partial charge >= 0.3 is 5.97 Å². The molecule has 0 fully saturated rings. The molecule has 0 unspecified atom stereocenters. The van der Waals surface area contributed by atoms with Crippen LogP contribution in [0.4, 0.5) is 0 Å². The van der Waals surface area contributed by atoms with Crippen molar-refractivity contribution in [1.82, 2.24) is 4.90 Å². The maximum absolute atomic E-state index is 10.8. The molecule has 0 spiro atoms. The normalized spacial score (nSPS) is 11.7. The zero-order valence-corrected chi connectivity index (χ0v) is 10.3. The number of rotatable bonds is 7. The molecule has 0 aromatic heterocycles. The van der Waals surface area contributed by atoms with Crippen LogP contribution in [0.15, 0.2) is 0 Å². The molecular formula is C9H19NO4S. The third-order valence-electron chi connectivity index (χ3n) is 1.98. The number of sulfone groups is 1. The van der Waals surface area contributed by atoms with Crippen molar-refractivity contribution in [3.8, 4) is 0 Å². The Balaban J connectivity index is 3.58. The van der Waals surface area contributed by atoms with Crippen LogP contribution < -0.4 is 0 Å². The van der Waals surface area contributed by atoms with Crippen molar-refractivity contribution in [3.05, 3.63) is 0 Å². The minimum atomic E-state index is -2.87. The van der Waals surface area contributed by atoms with Crippen molar-refractivity contribution in [3.63, 3.8) is 0 Å². The number of carbonyl (C=O) groups excluding carboxylic acids is 1. The molecule has 5 nitrogen and oxygen atoms in total. The smallest absolute Gasteiger partial charge is 0.306 e. The van der Waals surface area contributed by atoms with Crippen LogP contribution in [-0.4, -0.2) is 58.5 Å². The molecule has 0 aromatic carbocycles. The first-order valence-corrected chi connectivity index (χ1v) is 6.84. The second-order valence-electron chi connectivity index (χ2n) is 3.61. The maximum atomic E-state index is 10.8. The molecule has 0 aromatic rings. The molecule has 0 rings (SSSR count). The highest BCUT2D eigenvalue weighted by Crippen LogP contribution is 1.94. The molecule has 15 heavy (non-hydrogen) atoms. The van der Waals surface area contributed by atoms with E-state index in [0.717, 1.165) is 0 Å². The molecule has 0 saturated heterocycles. The molecule has 0 radical (unpaired) electrons. The van der Waals surface area contributed by atoms with Crippen molar-refractivity contribution in [1.29, 1.82) is 0 Å². The molecule has 0 saturated carbocycles. The Bertz CT molecular complexity index is 286.